The molecule has 0 bridgehead atoms. The molecular formula is C3H5N3O3. The van der Waals surface area contributed by atoms with Crippen molar-refractivity contribution in [1.82, 2.24) is 0 Å². The summed E-state index contributed by atoms with van der Waals surface area (Å²) in [6.45, 7) is -0.579. The number of oxime groups is 1. The van der Waals surface area contributed by atoms with Crippen LogP contribution in [0.25, 0.3) is 0 Å². The Balaban J connectivity index is 3.68. The van der Waals surface area contributed by atoms with Gasteiger partial charge in [-0.3, -0.25) is 0 Å². The van der Waals surface area contributed by atoms with Gasteiger partial charge in [0.15, 0.2) is 0 Å². The van der Waals surface area contributed by atoms with Crippen molar-refractivity contribution in [1.29, 1.82) is 0 Å². The van der Waals surface area contributed by atoms with Gasteiger partial charge in [0.05, 0.1) is 0 Å². The van der Waals surface area contributed by atoms with E-state index in [0.29, 0.717) is 0 Å². The van der Waals surface area contributed by atoms with E-state index < -0.39 is 0 Å². The van der Waals surface area contributed by atoms with Crippen molar-refractivity contribution < 1.29 is 5.21 Å². The van der Waals surface area contributed by atoms with Crippen molar-refractivity contribution in [3.8, 4) is 0 Å². The van der Waals surface area contributed by atoms with Crippen molar-refractivity contribution in [2.75, 3.05) is 13.1 Å². The Labute approximate surface area is 50.5 Å². The SMILES string of the molecule is O=NCC(CN=O)=NO. The maximum Gasteiger partial charge on any atom is 0.125 e. The van der Waals surface area contributed by atoms with Gasteiger partial charge in [0, 0.05) is 0 Å². The molecule has 0 aliphatic carbocycles. The first-order chi connectivity index (χ1) is 4.35. The molecule has 0 saturated carbocycles. The van der Waals surface area contributed by atoms with Crippen LogP contribution in [-0.2, 0) is 0 Å². The second-order valence-corrected chi connectivity index (χ2v) is 1.24. The van der Waals surface area contributed by atoms with Gasteiger partial charge in [-0.25, -0.2) is 0 Å². The predicted molar refractivity (Wildman–Crippen MR) is 30.5 cm³/mol. The first-order valence-corrected chi connectivity index (χ1v) is 2.13. The van der Waals surface area contributed by atoms with Crippen molar-refractivity contribution in [3.05, 3.63) is 9.81 Å². The number of hydrogen-bond acceptors (Lipinski definition) is 6. The zero-order valence-corrected chi connectivity index (χ0v) is 4.52. The van der Waals surface area contributed by atoms with E-state index in [4.69, 9.17) is 5.21 Å². The first kappa shape index (κ1) is 7.67. The lowest BCUT2D eigenvalue weighted by molar-refractivity contribution is 0.317. The second-order valence-electron chi connectivity index (χ2n) is 1.24. The molecule has 6 nitrogen and oxygen atoms in total. The second kappa shape index (κ2) is 4.82. The molecule has 6 heteroatoms. The number of nitrogens with zero attached hydrogens (tertiary/aromatic N) is 3. The molecule has 0 heterocycles. The predicted octanol–water partition coefficient (Wildman–Crippen LogP) is 0.349. The van der Waals surface area contributed by atoms with E-state index in [2.05, 4.69) is 15.5 Å². The van der Waals surface area contributed by atoms with E-state index in [1.54, 1.807) is 0 Å². The van der Waals surface area contributed by atoms with Crippen LogP contribution < -0.4 is 0 Å². The molecule has 50 valence electrons. The van der Waals surface area contributed by atoms with Crippen LogP contribution in [-0.4, -0.2) is 24.0 Å². The van der Waals surface area contributed by atoms with E-state index in [9.17, 15) is 9.81 Å². The van der Waals surface area contributed by atoms with Gasteiger partial charge in [-0.05, 0) is 0 Å². The summed E-state index contributed by atoms with van der Waals surface area (Å²) in [5.74, 6) is 0. The van der Waals surface area contributed by atoms with E-state index >= 15 is 0 Å². The minimum Gasteiger partial charge on any atom is -0.411 e. The molecule has 0 radical (unpaired) electrons. The minimum atomic E-state index is -0.289. The Morgan fingerprint density at radius 2 is 1.67 bits per heavy atom. The average Bonchev–Trinajstić information content (AvgIpc) is 1.88. The summed E-state index contributed by atoms with van der Waals surface area (Å²) in [4.78, 5) is 18.9. The summed E-state index contributed by atoms with van der Waals surface area (Å²) in [5.41, 5.74) is -0.0278. The molecule has 0 saturated heterocycles. The van der Waals surface area contributed by atoms with Crippen molar-refractivity contribution in [2.45, 2.75) is 0 Å². The fourth-order valence-corrected chi connectivity index (χ4v) is 0.262. The number of nitroso groups, excluding NO2 is 2. The lowest BCUT2D eigenvalue weighted by Crippen LogP contribution is -2.05. The summed E-state index contributed by atoms with van der Waals surface area (Å²) in [6, 6.07) is 0. The van der Waals surface area contributed by atoms with Crippen LogP contribution in [0.4, 0.5) is 0 Å². The minimum absolute atomic E-state index is 0.0278. The zero-order valence-electron chi connectivity index (χ0n) is 4.52. The third kappa shape index (κ3) is 3.27. The monoisotopic (exact) mass is 131 g/mol. The Kier molecular flexibility index (Phi) is 4.11. The van der Waals surface area contributed by atoms with Crippen LogP contribution in [0, 0.1) is 9.81 Å². The molecule has 0 spiro atoms. The molecule has 0 aliphatic rings. The van der Waals surface area contributed by atoms with Gasteiger partial charge in [-0.2, -0.15) is 9.81 Å². The summed E-state index contributed by atoms with van der Waals surface area (Å²) >= 11 is 0. The largest absolute Gasteiger partial charge is 0.411 e. The van der Waals surface area contributed by atoms with Crippen molar-refractivity contribution in [2.24, 2.45) is 15.5 Å². The van der Waals surface area contributed by atoms with Crippen LogP contribution in [0.15, 0.2) is 15.5 Å². The lowest BCUT2D eigenvalue weighted by atomic mass is 10.4. The smallest absolute Gasteiger partial charge is 0.125 e. The van der Waals surface area contributed by atoms with Crippen LogP contribution in [0.1, 0.15) is 0 Å². The Morgan fingerprint density at radius 3 is 1.89 bits per heavy atom. The standard InChI is InChI=1S/C3H5N3O3/c7-4-1-3(6-9)2-5-8/h9H,1-2H2. The number of rotatable bonds is 4. The highest BCUT2D eigenvalue weighted by atomic mass is 16.4. The van der Waals surface area contributed by atoms with E-state index in [0.717, 1.165) is 0 Å². The van der Waals surface area contributed by atoms with Crippen molar-refractivity contribution >= 4 is 5.71 Å². The summed E-state index contributed by atoms with van der Waals surface area (Å²) in [6.07, 6.45) is 0. The molecule has 0 aromatic carbocycles. The summed E-state index contributed by atoms with van der Waals surface area (Å²) < 4.78 is 0. The molecule has 0 unspecified atom stereocenters. The fourth-order valence-electron chi connectivity index (χ4n) is 0.262. The molecule has 9 heavy (non-hydrogen) atoms. The molecule has 0 fully saturated rings. The van der Waals surface area contributed by atoms with Gasteiger partial charge in [0.2, 0.25) is 0 Å². The lowest BCUT2D eigenvalue weighted by Gasteiger charge is -1.86. The van der Waals surface area contributed by atoms with Crippen LogP contribution in [0.2, 0.25) is 0 Å². The number of hydrogen-bond donors (Lipinski definition) is 1. The molecule has 0 amide bonds. The van der Waals surface area contributed by atoms with E-state index in [-0.39, 0.29) is 18.8 Å². The quantitative estimate of drug-likeness (QED) is 0.258. The molecule has 0 rings (SSSR count). The van der Waals surface area contributed by atoms with Crippen molar-refractivity contribution in [3.63, 3.8) is 0 Å². The summed E-state index contributed by atoms with van der Waals surface area (Å²) in [7, 11) is 0. The highest BCUT2D eigenvalue weighted by Crippen LogP contribution is 1.79. The molecule has 0 aliphatic heterocycles. The third-order valence-corrected chi connectivity index (χ3v) is 0.636. The molecular weight excluding hydrogens is 126 g/mol. The van der Waals surface area contributed by atoms with Gasteiger partial charge < -0.3 is 5.21 Å². The highest BCUT2D eigenvalue weighted by Gasteiger charge is 1.97. The third-order valence-electron chi connectivity index (χ3n) is 0.636. The maximum absolute atomic E-state index is 9.46. The van der Waals surface area contributed by atoms with E-state index in [1.807, 2.05) is 0 Å². The maximum atomic E-state index is 9.46. The van der Waals surface area contributed by atoms with Crippen LogP contribution in [0.5, 0.6) is 0 Å². The zero-order chi connectivity index (χ0) is 7.11. The van der Waals surface area contributed by atoms with E-state index in [1.165, 1.54) is 0 Å². The topological polar surface area (TPSA) is 91.5 Å². The Bertz CT molecular complexity index is 120. The normalized spacial score (nSPS) is 8.00. The van der Waals surface area contributed by atoms with Gasteiger partial charge in [0.1, 0.15) is 18.8 Å². The molecule has 1 N–H and O–H groups in total. The van der Waals surface area contributed by atoms with Gasteiger partial charge in [-0.15, -0.1) is 0 Å². The van der Waals surface area contributed by atoms with Crippen LogP contribution in [0.3, 0.4) is 0 Å². The molecule has 0 aromatic heterocycles. The average molecular weight is 131 g/mol. The fraction of sp³-hybridized carbons (Fsp3) is 0.667. The van der Waals surface area contributed by atoms with Gasteiger partial charge >= 0.3 is 0 Å². The molecule has 0 aromatic rings. The molecule has 0 atom stereocenters. The Morgan fingerprint density at radius 1 is 1.22 bits per heavy atom. The van der Waals surface area contributed by atoms with Gasteiger partial charge in [-0.1, -0.05) is 15.5 Å². The van der Waals surface area contributed by atoms with Gasteiger partial charge in [0.25, 0.3) is 0 Å². The highest BCUT2D eigenvalue weighted by molar-refractivity contribution is 5.87. The Hall–Kier alpha value is -1.33. The first-order valence-electron chi connectivity index (χ1n) is 2.13. The summed E-state index contributed by atoms with van der Waals surface area (Å²) in [5, 5.41) is 15.3. The van der Waals surface area contributed by atoms with Crippen LogP contribution >= 0.6 is 0 Å².